The van der Waals surface area contributed by atoms with E-state index in [1.54, 1.807) is 30.5 Å². The Morgan fingerprint density at radius 3 is 2.37 bits per heavy atom. The highest BCUT2D eigenvalue weighted by Gasteiger charge is 2.15. The Labute approximate surface area is 203 Å². The van der Waals surface area contributed by atoms with Crippen molar-refractivity contribution < 1.29 is 8.42 Å². The Hall–Kier alpha value is -4.24. The van der Waals surface area contributed by atoms with Crippen molar-refractivity contribution in [1.82, 2.24) is 19.5 Å². The van der Waals surface area contributed by atoms with E-state index in [1.807, 2.05) is 55.0 Å². The van der Waals surface area contributed by atoms with Gasteiger partial charge in [-0.3, -0.25) is 4.72 Å². The number of para-hydroxylation sites is 1. The SMILES string of the molecule is CS(=O)(=O)Nc1ccc(-c2nc(NCC(c3ccccc3)n3ccnc3)c3ccccc3n2)cc1. The second kappa shape index (κ2) is 9.55. The van der Waals surface area contributed by atoms with Crippen LogP contribution in [0.25, 0.3) is 22.3 Å². The number of benzene rings is 3. The van der Waals surface area contributed by atoms with Crippen LogP contribution in [0.3, 0.4) is 0 Å². The van der Waals surface area contributed by atoms with Crippen molar-refractivity contribution in [2.45, 2.75) is 6.04 Å². The minimum Gasteiger partial charge on any atom is -0.367 e. The van der Waals surface area contributed by atoms with Gasteiger partial charge in [0.15, 0.2) is 5.82 Å². The lowest BCUT2D eigenvalue weighted by Crippen LogP contribution is -2.20. The normalized spacial score (nSPS) is 12.4. The molecule has 5 rings (SSSR count). The molecule has 8 nitrogen and oxygen atoms in total. The maximum atomic E-state index is 11.5. The van der Waals surface area contributed by atoms with E-state index in [-0.39, 0.29) is 6.04 Å². The van der Waals surface area contributed by atoms with Gasteiger partial charge >= 0.3 is 0 Å². The number of aromatic nitrogens is 4. The number of imidazole rings is 1. The first-order valence-corrected chi connectivity index (χ1v) is 13.0. The molecule has 0 aliphatic carbocycles. The van der Waals surface area contributed by atoms with Crippen molar-refractivity contribution in [1.29, 1.82) is 0 Å². The second-order valence-corrected chi connectivity index (χ2v) is 9.93. The molecule has 2 N–H and O–H groups in total. The van der Waals surface area contributed by atoms with Crippen LogP contribution in [0.5, 0.6) is 0 Å². The Kier molecular flexibility index (Phi) is 6.15. The quantitative estimate of drug-likeness (QED) is 0.335. The van der Waals surface area contributed by atoms with Gasteiger partial charge in [-0.1, -0.05) is 42.5 Å². The largest absolute Gasteiger partial charge is 0.367 e. The fourth-order valence-corrected chi connectivity index (χ4v) is 4.52. The van der Waals surface area contributed by atoms with E-state index in [4.69, 9.17) is 9.97 Å². The summed E-state index contributed by atoms with van der Waals surface area (Å²) in [4.78, 5) is 13.8. The molecule has 0 radical (unpaired) electrons. The second-order valence-electron chi connectivity index (χ2n) is 8.18. The number of anilines is 2. The Morgan fingerprint density at radius 1 is 0.914 bits per heavy atom. The van der Waals surface area contributed by atoms with Crippen LogP contribution in [-0.4, -0.2) is 40.7 Å². The number of hydrogen-bond donors (Lipinski definition) is 2. The van der Waals surface area contributed by atoms with Gasteiger partial charge in [-0.25, -0.2) is 23.4 Å². The third kappa shape index (κ3) is 5.30. The van der Waals surface area contributed by atoms with Gasteiger partial charge in [0.05, 0.1) is 24.1 Å². The van der Waals surface area contributed by atoms with Crippen LogP contribution >= 0.6 is 0 Å². The first kappa shape index (κ1) is 22.5. The molecule has 0 saturated carbocycles. The summed E-state index contributed by atoms with van der Waals surface area (Å²) in [6.45, 7) is 0.595. The van der Waals surface area contributed by atoms with Crippen LogP contribution in [0.15, 0.2) is 97.6 Å². The number of rotatable bonds is 8. The molecule has 0 bridgehead atoms. The zero-order chi connectivity index (χ0) is 24.3. The van der Waals surface area contributed by atoms with E-state index in [1.165, 1.54) is 0 Å². The van der Waals surface area contributed by atoms with Gasteiger partial charge in [0, 0.05) is 35.6 Å². The molecule has 0 spiro atoms. The molecule has 0 amide bonds. The standard InChI is InChI=1S/C26H24N6O2S/c1-35(33,34)31-21-13-11-20(12-14-21)25-29-23-10-6-5-9-22(23)26(30-25)28-17-24(32-16-15-27-18-32)19-7-3-2-4-8-19/h2-16,18,24,31H,17H2,1H3,(H,28,29,30). The Morgan fingerprint density at radius 2 is 1.66 bits per heavy atom. The Bertz CT molecular complexity index is 1540. The predicted molar refractivity (Wildman–Crippen MR) is 139 cm³/mol. The summed E-state index contributed by atoms with van der Waals surface area (Å²) in [5.74, 6) is 1.28. The van der Waals surface area contributed by atoms with Gasteiger partial charge < -0.3 is 9.88 Å². The van der Waals surface area contributed by atoms with Crippen molar-refractivity contribution in [3.05, 3.63) is 103 Å². The zero-order valence-electron chi connectivity index (χ0n) is 19.0. The van der Waals surface area contributed by atoms with Gasteiger partial charge in [0.1, 0.15) is 5.82 Å². The molecule has 9 heteroatoms. The first-order valence-electron chi connectivity index (χ1n) is 11.1. The van der Waals surface area contributed by atoms with Crippen LogP contribution in [0.4, 0.5) is 11.5 Å². The highest BCUT2D eigenvalue weighted by atomic mass is 32.2. The molecule has 1 atom stereocenters. The van der Waals surface area contributed by atoms with Crippen molar-refractivity contribution in [3.63, 3.8) is 0 Å². The molecule has 5 aromatic rings. The highest BCUT2D eigenvalue weighted by molar-refractivity contribution is 7.92. The van der Waals surface area contributed by atoms with Gasteiger partial charge in [0.25, 0.3) is 0 Å². The van der Waals surface area contributed by atoms with E-state index >= 15 is 0 Å². The van der Waals surface area contributed by atoms with Crippen LogP contribution in [-0.2, 0) is 10.0 Å². The minimum atomic E-state index is -3.35. The third-order valence-corrected chi connectivity index (χ3v) is 6.19. The summed E-state index contributed by atoms with van der Waals surface area (Å²) < 4.78 is 27.6. The molecule has 35 heavy (non-hydrogen) atoms. The monoisotopic (exact) mass is 484 g/mol. The van der Waals surface area contributed by atoms with Gasteiger partial charge in [-0.05, 0) is 42.0 Å². The summed E-state index contributed by atoms with van der Waals surface area (Å²) in [5, 5.41) is 4.46. The fourth-order valence-electron chi connectivity index (χ4n) is 3.96. The van der Waals surface area contributed by atoms with Crippen LogP contribution in [0.2, 0.25) is 0 Å². The molecular weight excluding hydrogens is 460 g/mol. The molecule has 0 aliphatic rings. The summed E-state index contributed by atoms with van der Waals surface area (Å²) in [6.07, 6.45) is 6.66. The van der Waals surface area contributed by atoms with Gasteiger partial charge in [-0.2, -0.15) is 0 Å². The van der Waals surface area contributed by atoms with Crippen LogP contribution < -0.4 is 10.0 Å². The number of fused-ring (bicyclic) bond motifs is 1. The summed E-state index contributed by atoms with van der Waals surface area (Å²) in [5.41, 5.74) is 3.25. The molecule has 0 saturated heterocycles. The first-order chi connectivity index (χ1) is 17.0. The van der Waals surface area contributed by atoms with E-state index < -0.39 is 10.0 Å². The topological polar surface area (TPSA) is 102 Å². The van der Waals surface area contributed by atoms with Crippen molar-refractivity contribution in [2.75, 3.05) is 22.8 Å². The van der Waals surface area contributed by atoms with Crippen molar-refractivity contribution in [3.8, 4) is 11.4 Å². The third-order valence-electron chi connectivity index (χ3n) is 5.58. The van der Waals surface area contributed by atoms with Crippen LogP contribution in [0, 0.1) is 0 Å². The lowest BCUT2D eigenvalue weighted by molar-refractivity contribution is 0.607. The molecular formula is C26H24N6O2S. The van der Waals surface area contributed by atoms with Gasteiger partial charge in [-0.15, -0.1) is 0 Å². The molecule has 3 aromatic carbocycles. The van der Waals surface area contributed by atoms with E-state index in [2.05, 4.69) is 31.7 Å². The van der Waals surface area contributed by atoms with E-state index in [0.717, 1.165) is 34.1 Å². The zero-order valence-corrected chi connectivity index (χ0v) is 19.9. The van der Waals surface area contributed by atoms with Crippen LogP contribution in [0.1, 0.15) is 11.6 Å². The number of nitrogens with zero attached hydrogens (tertiary/aromatic N) is 4. The molecule has 2 aromatic heterocycles. The lowest BCUT2D eigenvalue weighted by atomic mass is 10.1. The molecule has 0 aliphatic heterocycles. The highest BCUT2D eigenvalue weighted by Crippen LogP contribution is 2.27. The number of hydrogen-bond acceptors (Lipinski definition) is 6. The Balaban J connectivity index is 1.48. The maximum absolute atomic E-state index is 11.5. The molecule has 176 valence electrons. The maximum Gasteiger partial charge on any atom is 0.229 e. The lowest BCUT2D eigenvalue weighted by Gasteiger charge is -2.21. The minimum absolute atomic E-state index is 0.0252. The fraction of sp³-hybridized carbons (Fsp3) is 0.115. The van der Waals surface area contributed by atoms with E-state index in [0.29, 0.717) is 18.1 Å². The van der Waals surface area contributed by atoms with E-state index in [9.17, 15) is 8.42 Å². The predicted octanol–water partition coefficient (Wildman–Crippen LogP) is 4.57. The summed E-state index contributed by atoms with van der Waals surface area (Å²) >= 11 is 0. The van der Waals surface area contributed by atoms with Crippen molar-refractivity contribution in [2.24, 2.45) is 0 Å². The smallest absolute Gasteiger partial charge is 0.229 e. The number of nitrogens with one attached hydrogen (secondary N) is 2. The summed E-state index contributed by atoms with van der Waals surface area (Å²) in [7, 11) is -3.35. The molecule has 0 fully saturated rings. The van der Waals surface area contributed by atoms with Gasteiger partial charge in [0.2, 0.25) is 10.0 Å². The average molecular weight is 485 g/mol. The number of sulfonamides is 1. The average Bonchev–Trinajstić information content (AvgIpc) is 3.39. The molecule has 1 unspecified atom stereocenters. The van der Waals surface area contributed by atoms with Crippen molar-refractivity contribution >= 4 is 32.4 Å². The summed E-state index contributed by atoms with van der Waals surface area (Å²) in [6, 6.07) is 25.2. The molecule has 2 heterocycles.